The van der Waals surface area contributed by atoms with E-state index in [4.69, 9.17) is 6.42 Å². The van der Waals surface area contributed by atoms with Gasteiger partial charge in [0.2, 0.25) is 0 Å². The van der Waals surface area contributed by atoms with E-state index in [1.165, 1.54) is 0 Å². The molecule has 0 spiro atoms. The molecular weight excluding hydrogens is 292 g/mol. The Morgan fingerprint density at radius 3 is 2.65 bits per heavy atom. The molecule has 0 aliphatic rings. The van der Waals surface area contributed by atoms with Crippen molar-refractivity contribution in [3.63, 3.8) is 0 Å². The molecule has 3 N–H and O–H groups in total. The smallest absolute Gasteiger partial charge is 0.313 e. The van der Waals surface area contributed by atoms with E-state index in [0.717, 1.165) is 6.42 Å². The minimum Gasteiger partial charge on any atom is -0.388 e. The molecule has 0 saturated carbocycles. The fourth-order valence-corrected chi connectivity index (χ4v) is 1.91. The quantitative estimate of drug-likeness (QED) is 0.554. The first-order valence-electron chi connectivity index (χ1n) is 7.62. The summed E-state index contributed by atoms with van der Waals surface area (Å²) in [5, 5.41) is 15.1. The second-order valence-corrected chi connectivity index (χ2v) is 6.29. The number of carbonyl (C=O) groups excluding carboxylic acids is 2. The van der Waals surface area contributed by atoms with Gasteiger partial charge in [0.05, 0.1) is 5.60 Å². The van der Waals surface area contributed by atoms with Gasteiger partial charge in [0.25, 0.3) is 0 Å². The number of rotatable bonds is 6. The summed E-state index contributed by atoms with van der Waals surface area (Å²) in [6.07, 6.45) is 6.68. The third-order valence-electron chi connectivity index (χ3n) is 3.38. The van der Waals surface area contributed by atoms with Gasteiger partial charge in [-0.2, -0.15) is 0 Å². The highest BCUT2D eigenvalue weighted by molar-refractivity contribution is 6.39. The zero-order valence-electron chi connectivity index (χ0n) is 13.8. The van der Waals surface area contributed by atoms with Crippen molar-refractivity contribution in [3.8, 4) is 12.3 Å². The van der Waals surface area contributed by atoms with Crippen LogP contribution in [0.1, 0.15) is 39.2 Å². The highest BCUT2D eigenvalue weighted by Gasteiger charge is 2.23. The number of amides is 2. The fraction of sp³-hybridized carbons (Fsp3) is 0.444. The highest BCUT2D eigenvalue weighted by Crippen LogP contribution is 2.15. The number of benzene rings is 1. The molecule has 23 heavy (non-hydrogen) atoms. The predicted octanol–water partition coefficient (Wildman–Crippen LogP) is 1.91. The van der Waals surface area contributed by atoms with Gasteiger partial charge in [0.15, 0.2) is 0 Å². The van der Waals surface area contributed by atoms with Gasteiger partial charge in [-0.3, -0.25) is 9.59 Å². The Morgan fingerprint density at radius 1 is 1.35 bits per heavy atom. The van der Waals surface area contributed by atoms with E-state index in [1.54, 1.807) is 31.2 Å². The second-order valence-electron chi connectivity index (χ2n) is 6.29. The first-order valence-corrected chi connectivity index (χ1v) is 7.62. The average Bonchev–Trinajstić information content (AvgIpc) is 2.51. The van der Waals surface area contributed by atoms with Gasteiger partial charge in [0.1, 0.15) is 0 Å². The maximum atomic E-state index is 11.8. The molecule has 0 radical (unpaired) electrons. The molecule has 2 amide bonds. The third kappa shape index (κ3) is 6.98. The van der Waals surface area contributed by atoms with Gasteiger partial charge in [-0.15, -0.1) is 6.42 Å². The van der Waals surface area contributed by atoms with Crippen molar-refractivity contribution in [1.29, 1.82) is 0 Å². The van der Waals surface area contributed by atoms with Crippen molar-refractivity contribution in [3.05, 3.63) is 29.8 Å². The summed E-state index contributed by atoms with van der Waals surface area (Å²) in [7, 11) is 0. The van der Waals surface area contributed by atoms with Crippen molar-refractivity contribution < 1.29 is 14.7 Å². The van der Waals surface area contributed by atoms with Crippen LogP contribution in [0.2, 0.25) is 0 Å². The van der Waals surface area contributed by atoms with Crippen LogP contribution in [-0.2, 0) is 9.59 Å². The van der Waals surface area contributed by atoms with Crippen molar-refractivity contribution in [2.45, 2.75) is 39.2 Å². The first-order chi connectivity index (χ1) is 10.7. The zero-order chi connectivity index (χ0) is 17.5. The molecule has 1 aromatic carbocycles. The van der Waals surface area contributed by atoms with Gasteiger partial charge in [-0.25, -0.2) is 0 Å². The molecule has 0 unspecified atom stereocenters. The molecule has 1 atom stereocenters. The number of aliphatic hydroxyl groups is 1. The van der Waals surface area contributed by atoms with Crippen molar-refractivity contribution in [2.24, 2.45) is 5.92 Å². The number of hydrogen-bond donors (Lipinski definition) is 3. The van der Waals surface area contributed by atoms with Crippen LogP contribution in [0, 0.1) is 18.3 Å². The van der Waals surface area contributed by atoms with Crippen LogP contribution in [0.25, 0.3) is 0 Å². The zero-order valence-corrected chi connectivity index (χ0v) is 13.8. The molecule has 5 nitrogen and oxygen atoms in total. The normalized spacial score (nSPS) is 13.0. The lowest BCUT2D eigenvalue weighted by Gasteiger charge is -2.24. The van der Waals surface area contributed by atoms with Crippen LogP contribution in [0.4, 0.5) is 5.69 Å². The Labute approximate surface area is 137 Å². The van der Waals surface area contributed by atoms with Gasteiger partial charge < -0.3 is 15.7 Å². The lowest BCUT2D eigenvalue weighted by atomic mass is 9.95. The lowest BCUT2D eigenvalue weighted by Crippen LogP contribution is -2.44. The van der Waals surface area contributed by atoms with Gasteiger partial charge in [0, 0.05) is 17.8 Å². The van der Waals surface area contributed by atoms with E-state index in [9.17, 15) is 14.7 Å². The molecule has 0 saturated heterocycles. The van der Waals surface area contributed by atoms with E-state index in [-0.39, 0.29) is 6.54 Å². The average molecular weight is 316 g/mol. The summed E-state index contributed by atoms with van der Waals surface area (Å²) >= 11 is 0. The Balaban J connectivity index is 2.51. The molecule has 0 aliphatic carbocycles. The molecule has 0 heterocycles. The number of hydrogen-bond acceptors (Lipinski definition) is 3. The molecule has 124 valence electrons. The van der Waals surface area contributed by atoms with Crippen molar-refractivity contribution in [1.82, 2.24) is 5.32 Å². The summed E-state index contributed by atoms with van der Waals surface area (Å²) in [4.78, 5) is 23.7. The number of terminal acetylenes is 1. The van der Waals surface area contributed by atoms with Gasteiger partial charge in [-0.1, -0.05) is 25.8 Å². The molecule has 0 bridgehead atoms. The van der Waals surface area contributed by atoms with Gasteiger partial charge >= 0.3 is 11.8 Å². The summed E-state index contributed by atoms with van der Waals surface area (Å²) in [6, 6.07) is 6.66. The third-order valence-corrected chi connectivity index (χ3v) is 3.38. The Kier molecular flexibility index (Phi) is 6.80. The summed E-state index contributed by atoms with van der Waals surface area (Å²) in [5.41, 5.74) is 0.0239. The molecule has 0 aliphatic heterocycles. The van der Waals surface area contributed by atoms with Crippen LogP contribution in [-0.4, -0.2) is 29.1 Å². The summed E-state index contributed by atoms with van der Waals surface area (Å²) in [5.74, 6) is 1.33. The Bertz CT molecular complexity index is 601. The highest BCUT2D eigenvalue weighted by atomic mass is 16.3. The SMILES string of the molecule is C#Cc1cccc(NC(=O)C(=O)NC[C@@](C)(O)CCC(C)C)c1. The maximum absolute atomic E-state index is 11.8. The van der Waals surface area contributed by atoms with Crippen molar-refractivity contribution in [2.75, 3.05) is 11.9 Å². The van der Waals surface area contributed by atoms with Crippen LogP contribution in [0.3, 0.4) is 0 Å². The standard InChI is InChI=1S/C18H24N2O3/c1-5-14-7-6-8-15(11-14)20-17(22)16(21)19-12-18(4,23)10-9-13(2)3/h1,6-8,11,13,23H,9-10,12H2,2-4H3,(H,19,21)(H,20,22)/t18-/m0/s1. The Hall–Kier alpha value is -2.32. The summed E-state index contributed by atoms with van der Waals surface area (Å²) < 4.78 is 0. The van der Waals surface area contributed by atoms with Crippen LogP contribution < -0.4 is 10.6 Å². The van der Waals surface area contributed by atoms with Gasteiger partial charge in [-0.05, 0) is 43.9 Å². The van der Waals surface area contributed by atoms with Crippen LogP contribution in [0.15, 0.2) is 24.3 Å². The molecular formula is C18H24N2O3. The first kappa shape index (κ1) is 18.7. The fourth-order valence-electron chi connectivity index (χ4n) is 1.91. The van der Waals surface area contributed by atoms with Crippen molar-refractivity contribution >= 4 is 17.5 Å². The molecule has 1 rings (SSSR count). The van der Waals surface area contributed by atoms with E-state index in [2.05, 4.69) is 30.4 Å². The monoisotopic (exact) mass is 316 g/mol. The number of anilines is 1. The summed E-state index contributed by atoms with van der Waals surface area (Å²) in [6.45, 7) is 5.79. The maximum Gasteiger partial charge on any atom is 0.313 e. The molecule has 0 fully saturated rings. The van der Waals surface area contributed by atoms with Crippen LogP contribution in [0.5, 0.6) is 0 Å². The van der Waals surface area contributed by atoms with E-state index in [1.807, 2.05) is 0 Å². The minimum atomic E-state index is -1.04. The molecule has 5 heteroatoms. The largest absolute Gasteiger partial charge is 0.388 e. The topological polar surface area (TPSA) is 78.4 Å². The molecule has 1 aromatic rings. The minimum absolute atomic E-state index is 0.0242. The predicted molar refractivity (Wildman–Crippen MR) is 90.7 cm³/mol. The van der Waals surface area contributed by atoms with E-state index in [0.29, 0.717) is 23.6 Å². The Morgan fingerprint density at radius 2 is 2.04 bits per heavy atom. The number of nitrogens with one attached hydrogen (secondary N) is 2. The van der Waals surface area contributed by atoms with E-state index >= 15 is 0 Å². The van der Waals surface area contributed by atoms with Crippen LogP contribution >= 0.6 is 0 Å². The number of carbonyl (C=O) groups is 2. The second kappa shape index (κ2) is 8.35. The van der Waals surface area contributed by atoms with E-state index < -0.39 is 17.4 Å². The lowest BCUT2D eigenvalue weighted by molar-refractivity contribution is -0.136. The molecule has 0 aromatic heterocycles.